The van der Waals surface area contributed by atoms with E-state index < -0.39 is 38.1 Å². The molecular formula is C12H8ClF3N2O2S. The molecule has 4 nitrogen and oxygen atoms in total. The molecule has 2 rings (SSSR count). The van der Waals surface area contributed by atoms with Gasteiger partial charge in [0.25, 0.3) is 10.0 Å². The normalized spacial score (nSPS) is 11.4. The summed E-state index contributed by atoms with van der Waals surface area (Å²) in [5, 5.41) is 0.0737. The fourth-order valence-corrected chi connectivity index (χ4v) is 3.04. The average Bonchev–Trinajstić information content (AvgIpc) is 2.36. The minimum atomic E-state index is -4.39. The van der Waals surface area contributed by atoms with E-state index in [1.165, 1.54) is 12.1 Å². The molecule has 0 radical (unpaired) electrons. The summed E-state index contributed by atoms with van der Waals surface area (Å²) in [6.45, 7) is 0. The number of nitrogens with two attached hydrogens (primary N) is 1. The number of nitrogen functional groups attached to an aromatic ring is 1. The summed E-state index contributed by atoms with van der Waals surface area (Å²) in [6.07, 6.45) is 0. The second-order valence-corrected chi connectivity index (χ2v) is 6.12. The summed E-state index contributed by atoms with van der Waals surface area (Å²) >= 11 is 5.66. The molecule has 0 fully saturated rings. The highest BCUT2D eigenvalue weighted by Gasteiger charge is 2.22. The zero-order valence-electron chi connectivity index (χ0n) is 10.2. The van der Waals surface area contributed by atoms with Crippen LogP contribution >= 0.6 is 11.6 Å². The van der Waals surface area contributed by atoms with Gasteiger partial charge in [-0.25, -0.2) is 21.6 Å². The lowest BCUT2D eigenvalue weighted by molar-refractivity contribution is 0.547. The van der Waals surface area contributed by atoms with Gasteiger partial charge in [0.05, 0.1) is 5.69 Å². The van der Waals surface area contributed by atoms with Crippen molar-refractivity contribution < 1.29 is 21.6 Å². The third-order valence-electron chi connectivity index (χ3n) is 2.51. The van der Waals surface area contributed by atoms with Gasteiger partial charge >= 0.3 is 0 Å². The summed E-state index contributed by atoms with van der Waals surface area (Å²) in [7, 11) is -4.39. The third-order valence-corrected chi connectivity index (χ3v) is 4.15. The molecule has 0 spiro atoms. The topological polar surface area (TPSA) is 72.2 Å². The zero-order chi connectivity index (χ0) is 15.8. The maximum Gasteiger partial charge on any atom is 0.264 e. The van der Waals surface area contributed by atoms with Gasteiger partial charge in [-0.1, -0.05) is 11.6 Å². The molecule has 0 aliphatic heterocycles. The van der Waals surface area contributed by atoms with Crippen LogP contribution < -0.4 is 10.5 Å². The van der Waals surface area contributed by atoms with Crippen LogP contribution in [0.25, 0.3) is 0 Å². The molecule has 0 aromatic heterocycles. The van der Waals surface area contributed by atoms with Crippen molar-refractivity contribution in [3.05, 3.63) is 52.8 Å². The van der Waals surface area contributed by atoms with Crippen molar-refractivity contribution in [2.75, 3.05) is 10.5 Å². The standard InChI is InChI=1S/C12H8ClF3N2O2S/c13-6-1-2-10(17)11(3-6)21(19,20)18-12-8(15)4-7(14)5-9(12)16/h1-5,18H,17H2. The summed E-state index contributed by atoms with van der Waals surface area (Å²) in [5.41, 5.74) is 4.34. The number of sulfonamides is 1. The fraction of sp³-hybridized carbons (Fsp3) is 0. The van der Waals surface area contributed by atoms with Crippen LogP contribution in [0.4, 0.5) is 24.5 Å². The van der Waals surface area contributed by atoms with E-state index in [0.717, 1.165) is 6.07 Å². The largest absolute Gasteiger partial charge is 0.398 e. The first-order chi connectivity index (χ1) is 9.70. The van der Waals surface area contributed by atoms with Crippen LogP contribution in [-0.4, -0.2) is 8.42 Å². The summed E-state index contributed by atoms with van der Waals surface area (Å²) < 4.78 is 65.6. The van der Waals surface area contributed by atoms with Crippen LogP contribution in [0.2, 0.25) is 5.02 Å². The number of anilines is 2. The molecule has 2 aromatic carbocycles. The highest BCUT2D eigenvalue weighted by atomic mass is 35.5. The van der Waals surface area contributed by atoms with Crippen molar-refractivity contribution in [2.45, 2.75) is 4.90 Å². The Hall–Kier alpha value is -1.93. The molecule has 0 heterocycles. The molecule has 0 atom stereocenters. The maximum atomic E-state index is 13.5. The molecule has 3 N–H and O–H groups in total. The van der Waals surface area contributed by atoms with Crippen LogP contribution in [0.1, 0.15) is 0 Å². The molecule has 0 aliphatic rings. The Morgan fingerprint density at radius 2 is 1.62 bits per heavy atom. The lowest BCUT2D eigenvalue weighted by Gasteiger charge is -2.12. The SMILES string of the molecule is Nc1ccc(Cl)cc1S(=O)(=O)Nc1c(F)cc(F)cc1F. The molecule has 0 bridgehead atoms. The quantitative estimate of drug-likeness (QED) is 0.846. The van der Waals surface area contributed by atoms with Crippen LogP contribution in [-0.2, 0) is 10.0 Å². The molecule has 0 saturated heterocycles. The van der Waals surface area contributed by atoms with Gasteiger partial charge < -0.3 is 5.73 Å². The van der Waals surface area contributed by atoms with Crippen molar-refractivity contribution in [1.82, 2.24) is 0 Å². The molecule has 9 heteroatoms. The smallest absolute Gasteiger partial charge is 0.264 e. The molecule has 0 unspecified atom stereocenters. The van der Waals surface area contributed by atoms with E-state index >= 15 is 0 Å². The van der Waals surface area contributed by atoms with Gasteiger partial charge in [-0.3, -0.25) is 4.72 Å². The van der Waals surface area contributed by atoms with Gasteiger partial charge in [-0.05, 0) is 18.2 Å². The number of benzene rings is 2. The first-order valence-corrected chi connectivity index (χ1v) is 7.29. The van der Waals surface area contributed by atoms with E-state index in [-0.39, 0.29) is 10.7 Å². The summed E-state index contributed by atoms with van der Waals surface area (Å²) in [5.74, 6) is -3.96. The van der Waals surface area contributed by atoms with Crippen LogP contribution in [0, 0.1) is 17.5 Å². The van der Waals surface area contributed by atoms with Gasteiger partial charge in [0.1, 0.15) is 16.4 Å². The van der Waals surface area contributed by atoms with Gasteiger partial charge in [-0.2, -0.15) is 0 Å². The highest BCUT2D eigenvalue weighted by Crippen LogP contribution is 2.27. The van der Waals surface area contributed by atoms with E-state index in [1.807, 2.05) is 0 Å². The predicted octanol–water partition coefficient (Wildman–Crippen LogP) is 3.14. The molecule has 2 aromatic rings. The van der Waals surface area contributed by atoms with Gasteiger partial charge in [-0.15, -0.1) is 0 Å². The Bertz CT molecular complexity index is 789. The third kappa shape index (κ3) is 3.22. The van der Waals surface area contributed by atoms with Gasteiger partial charge in [0, 0.05) is 17.2 Å². The van der Waals surface area contributed by atoms with Crippen molar-refractivity contribution in [1.29, 1.82) is 0 Å². The lowest BCUT2D eigenvalue weighted by Crippen LogP contribution is -2.17. The second kappa shape index (κ2) is 5.45. The Kier molecular flexibility index (Phi) is 4.02. The van der Waals surface area contributed by atoms with Gasteiger partial charge in [0.2, 0.25) is 0 Å². The monoisotopic (exact) mass is 336 g/mol. The van der Waals surface area contributed by atoms with E-state index in [9.17, 15) is 21.6 Å². The lowest BCUT2D eigenvalue weighted by atomic mass is 10.3. The Morgan fingerprint density at radius 3 is 2.19 bits per heavy atom. The Balaban J connectivity index is 2.50. The van der Waals surface area contributed by atoms with E-state index in [2.05, 4.69) is 0 Å². The molecule has 0 saturated carbocycles. The molecule has 0 amide bonds. The van der Waals surface area contributed by atoms with Gasteiger partial charge in [0.15, 0.2) is 11.6 Å². The molecule has 0 aliphatic carbocycles. The Morgan fingerprint density at radius 1 is 1.05 bits per heavy atom. The van der Waals surface area contributed by atoms with Crippen LogP contribution in [0.3, 0.4) is 0 Å². The highest BCUT2D eigenvalue weighted by molar-refractivity contribution is 7.92. The fourth-order valence-electron chi connectivity index (χ4n) is 1.57. The van der Waals surface area contributed by atoms with E-state index in [0.29, 0.717) is 12.1 Å². The number of halogens is 4. The number of nitrogens with one attached hydrogen (secondary N) is 1. The second-order valence-electron chi connectivity index (χ2n) is 4.03. The van der Waals surface area contributed by atoms with Crippen molar-refractivity contribution in [3.63, 3.8) is 0 Å². The Labute approximate surface area is 123 Å². The van der Waals surface area contributed by atoms with E-state index in [4.69, 9.17) is 17.3 Å². The summed E-state index contributed by atoms with van der Waals surface area (Å²) in [4.78, 5) is -0.446. The van der Waals surface area contributed by atoms with E-state index in [1.54, 1.807) is 4.72 Å². The maximum absolute atomic E-state index is 13.5. The predicted molar refractivity (Wildman–Crippen MR) is 73.0 cm³/mol. The average molecular weight is 337 g/mol. The van der Waals surface area contributed by atoms with Crippen LogP contribution in [0.15, 0.2) is 35.2 Å². The molecular weight excluding hydrogens is 329 g/mol. The minimum Gasteiger partial charge on any atom is -0.398 e. The number of rotatable bonds is 3. The van der Waals surface area contributed by atoms with Crippen LogP contribution in [0.5, 0.6) is 0 Å². The van der Waals surface area contributed by atoms with Crippen molar-refractivity contribution in [2.24, 2.45) is 0 Å². The molecule has 112 valence electrons. The summed E-state index contributed by atoms with van der Waals surface area (Å²) in [6, 6.07) is 4.31. The van der Waals surface area contributed by atoms with Crippen molar-refractivity contribution >= 4 is 33.0 Å². The number of hydrogen-bond acceptors (Lipinski definition) is 3. The van der Waals surface area contributed by atoms with Crippen molar-refractivity contribution in [3.8, 4) is 0 Å². The number of hydrogen-bond donors (Lipinski definition) is 2. The minimum absolute atomic E-state index is 0.0737. The zero-order valence-corrected chi connectivity index (χ0v) is 11.8. The first-order valence-electron chi connectivity index (χ1n) is 5.43. The first kappa shape index (κ1) is 15.5. The molecule has 21 heavy (non-hydrogen) atoms.